The number of nitrogens with zero attached hydrogens (tertiary/aromatic N) is 2. The predicted octanol–water partition coefficient (Wildman–Crippen LogP) is 9.14. The topological polar surface area (TPSA) is 77.5 Å². The molecule has 4 atom stereocenters. The van der Waals surface area contributed by atoms with Crippen molar-refractivity contribution in [3.8, 4) is 0 Å². The minimum Gasteiger partial charge on any atom is -0.379 e. The number of benzene rings is 2. The molecule has 0 N–H and O–H groups in total. The maximum atomic E-state index is 13.5. The SMILES string of the molecule is CCCCCC(CCC)COCC(COS(=O)(=O)OCC(COCC(CCC)CCCCC)N1CCc2ccccc2C1)N1CCc2ccccc2C1. The first kappa shape index (κ1) is 43.9. The fourth-order valence-electron chi connectivity index (χ4n) is 8.08. The monoisotopic (exact) mass is 757 g/mol. The summed E-state index contributed by atoms with van der Waals surface area (Å²) in [4.78, 5) is 4.64. The van der Waals surface area contributed by atoms with Crippen molar-refractivity contribution in [1.29, 1.82) is 0 Å². The highest BCUT2D eigenvalue weighted by Gasteiger charge is 2.29. The van der Waals surface area contributed by atoms with Gasteiger partial charge in [0.1, 0.15) is 0 Å². The minimum atomic E-state index is -4.26. The van der Waals surface area contributed by atoms with E-state index in [2.05, 4.69) is 86.0 Å². The van der Waals surface area contributed by atoms with Gasteiger partial charge in [-0.3, -0.25) is 9.80 Å². The Labute approximate surface area is 323 Å². The first-order valence-electron chi connectivity index (χ1n) is 21.2. The first-order chi connectivity index (χ1) is 25.9. The van der Waals surface area contributed by atoms with Crippen LogP contribution in [-0.2, 0) is 54.2 Å². The number of rotatable bonds is 28. The van der Waals surface area contributed by atoms with E-state index in [1.165, 1.54) is 73.6 Å². The van der Waals surface area contributed by atoms with Crippen LogP contribution in [0, 0.1) is 11.8 Å². The Kier molecular flexibility index (Phi) is 20.4. The Bertz CT molecular complexity index is 1290. The number of hydrogen-bond donors (Lipinski definition) is 0. The molecule has 4 unspecified atom stereocenters. The van der Waals surface area contributed by atoms with Crippen molar-refractivity contribution in [3.05, 3.63) is 70.8 Å². The van der Waals surface area contributed by atoms with Gasteiger partial charge in [0, 0.05) is 39.4 Å². The number of fused-ring (bicyclic) bond motifs is 2. The molecule has 0 saturated carbocycles. The number of unbranched alkanes of at least 4 members (excludes halogenated alkanes) is 4. The molecule has 2 aliphatic heterocycles. The molecular formula is C44H72N2O6S. The van der Waals surface area contributed by atoms with Crippen molar-refractivity contribution in [2.45, 2.75) is 143 Å². The lowest BCUT2D eigenvalue weighted by Gasteiger charge is -2.36. The molecule has 53 heavy (non-hydrogen) atoms. The van der Waals surface area contributed by atoms with Crippen molar-refractivity contribution in [2.24, 2.45) is 11.8 Å². The fourth-order valence-corrected chi connectivity index (χ4v) is 8.80. The third kappa shape index (κ3) is 15.7. The maximum absolute atomic E-state index is 13.5. The number of hydrogen-bond acceptors (Lipinski definition) is 8. The second kappa shape index (κ2) is 24.6. The summed E-state index contributed by atoms with van der Waals surface area (Å²) in [7, 11) is -4.26. The molecule has 0 aromatic heterocycles. The molecule has 4 rings (SSSR count). The maximum Gasteiger partial charge on any atom is 0.399 e. The zero-order valence-electron chi connectivity index (χ0n) is 33.7. The Morgan fingerprint density at radius 3 is 1.34 bits per heavy atom. The summed E-state index contributed by atoms with van der Waals surface area (Å²) in [6.07, 6.45) is 16.1. The molecule has 0 radical (unpaired) electrons. The van der Waals surface area contributed by atoms with E-state index in [0.29, 0.717) is 38.3 Å². The van der Waals surface area contributed by atoms with Gasteiger partial charge < -0.3 is 9.47 Å². The molecule has 8 nitrogen and oxygen atoms in total. The third-order valence-corrected chi connectivity index (χ3v) is 12.2. The Balaban J connectivity index is 1.38. The van der Waals surface area contributed by atoms with Gasteiger partial charge >= 0.3 is 10.4 Å². The van der Waals surface area contributed by atoms with Crippen molar-refractivity contribution < 1.29 is 26.3 Å². The average Bonchev–Trinajstić information content (AvgIpc) is 3.17. The highest BCUT2D eigenvalue weighted by Crippen LogP contribution is 2.24. The third-order valence-electron chi connectivity index (χ3n) is 11.3. The quantitative estimate of drug-likeness (QED) is 0.0797. The molecular weight excluding hydrogens is 685 g/mol. The van der Waals surface area contributed by atoms with Crippen molar-refractivity contribution in [1.82, 2.24) is 9.80 Å². The molecule has 0 saturated heterocycles. The molecule has 2 aromatic carbocycles. The van der Waals surface area contributed by atoms with Gasteiger partial charge in [0.25, 0.3) is 0 Å². The second-order valence-electron chi connectivity index (χ2n) is 15.6. The van der Waals surface area contributed by atoms with E-state index in [0.717, 1.165) is 64.7 Å². The van der Waals surface area contributed by atoms with Crippen molar-refractivity contribution >= 4 is 10.4 Å². The zero-order valence-corrected chi connectivity index (χ0v) is 34.5. The van der Waals surface area contributed by atoms with Gasteiger partial charge in [0.15, 0.2) is 0 Å². The summed E-state index contributed by atoms with van der Waals surface area (Å²) in [6, 6.07) is 16.6. The van der Waals surface area contributed by atoms with E-state index >= 15 is 0 Å². The molecule has 2 aliphatic rings. The molecule has 2 aromatic rings. The molecule has 0 bridgehead atoms. The minimum absolute atomic E-state index is 0.00645. The lowest BCUT2D eigenvalue weighted by atomic mass is 9.97. The molecule has 300 valence electrons. The number of ether oxygens (including phenoxy) is 2. The van der Waals surface area contributed by atoms with E-state index in [1.54, 1.807) is 0 Å². The highest BCUT2D eigenvalue weighted by atomic mass is 32.3. The van der Waals surface area contributed by atoms with Crippen LogP contribution in [0.1, 0.15) is 127 Å². The van der Waals surface area contributed by atoms with Crippen LogP contribution in [0.15, 0.2) is 48.5 Å². The van der Waals surface area contributed by atoms with Crippen LogP contribution in [0.25, 0.3) is 0 Å². The van der Waals surface area contributed by atoms with E-state index in [9.17, 15) is 8.42 Å². The van der Waals surface area contributed by atoms with Gasteiger partial charge in [-0.05, 0) is 72.6 Å². The van der Waals surface area contributed by atoms with E-state index < -0.39 is 10.4 Å². The summed E-state index contributed by atoms with van der Waals surface area (Å²) < 4.78 is 51.1. The van der Waals surface area contributed by atoms with E-state index in [1.807, 2.05) is 0 Å². The molecule has 0 fully saturated rings. The average molecular weight is 757 g/mol. The molecule has 0 aliphatic carbocycles. The lowest BCUT2D eigenvalue weighted by Crippen LogP contribution is -2.46. The molecule has 9 heteroatoms. The van der Waals surface area contributed by atoms with Crippen LogP contribution in [0.5, 0.6) is 0 Å². The van der Waals surface area contributed by atoms with Gasteiger partial charge in [0.05, 0.1) is 38.5 Å². The molecule has 0 amide bonds. The van der Waals surface area contributed by atoms with Crippen molar-refractivity contribution in [2.75, 3.05) is 52.7 Å². The van der Waals surface area contributed by atoms with Crippen LogP contribution in [-0.4, -0.2) is 83.0 Å². The van der Waals surface area contributed by atoms with Gasteiger partial charge in [-0.25, -0.2) is 8.37 Å². The summed E-state index contributed by atoms with van der Waals surface area (Å²) >= 11 is 0. The second-order valence-corrected chi connectivity index (χ2v) is 16.9. The molecule has 0 spiro atoms. The normalized spacial score (nSPS) is 17.6. The van der Waals surface area contributed by atoms with Gasteiger partial charge in [-0.2, -0.15) is 8.42 Å². The molecule has 2 heterocycles. The van der Waals surface area contributed by atoms with Crippen LogP contribution in [0.3, 0.4) is 0 Å². The van der Waals surface area contributed by atoms with Gasteiger partial charge in [0.2, 0.25) is 0 Å². The van der Waals surface area contributed by atoms with E-state index in [4.69, 9.17) is 17.8 Å². The lowest BCUT2D eigenvalue weighted by molar-refractivity contribution is 0.00450. The Morgan fingerprint density at radius 1 is 0.528 bits per heavy atom. The largest absolute Gasteiger partial charge is 0.399 e. The Hall–Kier alpha value is -1.85. The fraction of sp³-hybridized carbons (Fsp3) is 0.727. The first-order valence-corrected chi connectivity index (χ1v) is 22.5. The summed E-state index contributed by atoms with van der Waals surface area (Å²) in [5, 5.41) is 0. The van der Waals surface area contributed by atoms with E-state index in [-0.39, 0.29) is 25.3 Å². The standard InChI is InChI=1S/C44H72N2O6S/c1-5-9-11-19-37(17-7-3)31-49-33-43(45-27-25-39-21-13-15-23-41(39)29-45)35-51-53(47,48)52-36-44(34-50-32-38(18-8-4)20-12-10-6-2)46-28-26-40-22-14-16-24-42(40)30-46/h13-16,21-24,37-38,43-44H,5-12,17-20,25-36H2,1-4H3. The van der Waals surface area contributed by atoms with Crippen molar-refractivity contribution in [3.63, 3.8) is 0 Å². The van der Waals surface area contributed by atoms with Crippen LogP contribution < -0.4 is 0 Å². The summed E-state index contributed by atoms with van der Waals surface area (Å²) in [6.45, 7) is 14.3. The smallest absolute Gasteiger partial charge is 0.379 e. The Morgan fingerprint density at radius 2 is 0.943 bits per heavy atom. The van der Waals surface area contributed by atoms with Crippen LogP contribution in [0.4, 0.5) is 0 Å². The van der Waals surface area contributed by atoms with Gasteiger partial charge in [-0.1, -0.05) is 128 Å². The van der Waals surface area contributed by atoms with Crippen LogP contribution >= 0.6 is 0 Å². The summed E-state index contributed by atoms with van der Waals surface area (Å²) in [5.41, 5.74) is 5.28. The highest BCUT2D eigenvalue weighted by molar-refractivity contribution is 7.81. The predicted molar refractivity (Wildman–Crippen MR) is 216 cm³/mol. The zero-order chi connectivity index (χ0) is 37.7. The van der Waals surface area contributed by atoms with Crippen LogP contribution in [0.2, 0.25) is 0 Å². The summed E-state index contributed by atoms with van der Waals surface area (Å²) in [5.74, 6) is 1.05. The van der Waals surface area contributed by atoms with Gasteiger partial charge in [-0.15, -0.1) is 0 Å².